The minimum atomic E-state index is -0.787. The summed E-state index contributed by atoms with van der Waals surface area (Å²) in [6.45, 7) is 12.9. The van der Waals surface area contributed by atoms with Gasteiger partial charge in [-0.3, -0.25) is 9.69 Å². The van der Waals surface area contributed by atoms with E-state index in [9.17, 15) is 9.90 Å². The standard InChI is InChI=1S/C33H36ClN3O4.C5H13N/c1-22(2)18-25-12-13-26(19-28(25)34)31-35-30(36-41-31)24-10-8-23(9-11-24)21-37-16-14-33(15-17-37,32(38)39)20-27-6-4-5-7-29(27)40-3;1-5(2,3)6-4/h4-13,19,22H,14-18,20-21H2,1-3H3,(H,38,39);6H,1-4H3. The molecular weight excluding hydrogens is 612 g/mol. The molecule has 2 heterocycles. The predicted octanol–water partition coefficient (Wildman–Crippen LogP) is 8.18. The van der Waals surface area contributed by atoms with Gasteiger partial charge in [0.25, 0.3) is 5.89 Å². The molecule has 5 rings (SSSR count). The molecule has 0 unspecified atom stereocenters. The smallest absolute Gasteiger partial charge is 0.310 e. The number of halogens is 1. The number of carboxylic acid groups (broad SMARTS) is 1. The van der Waals surface area contributed by atoms with Crippen molar-refractivity contribution in [3.05, 3.63) is 88.4 Å². The molecule has 0 atom stereocenters. The molecule has 3 aromatic carbocycles. The Hall–Kier alpha value is -3.72. The number of piperidine rings is 1. The fourth-order valence-electron chi connectivity index (χ4n) is 5.58. The number of likely N-dealkylation sites (tertiary alicyclic amines) is 1. The Labute approximate surface area is 284 Å². The molecule has 0 saturated carbocycles. The molecule has 9 heteroatoms. The van der Waals surface area contributed by atoms with Gasteiger partial charge in [-0.15, -0.1) is 0 Å². The highest BCUT2D eigenvalue weighted by Gasteiger charge is 2.42. The molecule has 2 N–H and O–H groups in total. The Balaban J connectivity index is 0.000000762. The molecule has 0 bridgehead atoms. The molecule has 1 aliphatic rings. The zero-order valence-electron chi connectivity index (χ0n) is 28.8. The molecule has 252 valence electrons. The number of hydrogen-bond donors (Lipinski definition) is 2. The van der Waals surface area contributed by atoms with E-state index in [-0.39, 0.29) is 0 Å². The van der Waals surface area contributed by atoms with E-state index in [0.29, 0.717) is 47.5 Å². The molecule has 0 spiro atoms. The van der Waals surface area contributed by atoms with Crippen molar-refractivity contribution in [1.82, 2.24) is 20.4 Å². The number of benzene rings is 3. The maximum Gasteiger partial charge on any atom is 0.310 e. The summed E-state index contributed by atoms with van der Waals surface area (Å²) >= 11 is 6.50. The van der Waals surface area contributed by atoms with E-state index in [1.54, 1.807) is 7.11 Å². The average Bonchev–Trinajstić information content (AvgIpc) is 3.54. The second kappa shape index (κ2) is 15.9. The van der Waals surface area contributed by atoms with Gasteiger partial charge in [0.15, 0.2) is 0 Å². The third kappa shape index (κ3) is 9.89. The van der Waals surface area contributed by atoms with Gasteiger partial charge >= 0.3 is 5.97 Å². The van der Waals surface area contributed by atoms with Crippen LogP contribution in [0.5, 0.6) is 5.75 Å². The average molecular weight is 661 g/mol. The van der Waals surface area contributed by atoms with Crippen LogP contribution in [0.2, 0.25) is 5.02 Å². The summed E-state index contributed by atoms with van der Waals surface area (Å²) in [4.78, 5) is 19.3. The summed E-state index contributed by atoms with van der Waals surface area (Å²) < 4.78 is 11.0. The van der Waals surface area contributed by atoms with Crippen molar-refractivity contribution in [3.63, 3.8) is 0 Å². The lowest BCUT2D eigenvalue weighted by Gasteiger charge is -2.39. The number of hydrogen-bond acceptors (Lipinski definition) is 7. The SMILES string of the molecule is CNC(C)(C)C.COc1ccccc1CC1(C(=O)O)CCN(Cc2ccc(-c3noc(-c4ccc(CC(C)C)c(Cl)c4)n3)cc2)CC1. The monoisotopic (exact) mass is 660 g/mol. The van der Waals surface area contributed by atoms with Crippen molar-refractivity contribution in [2.75, 3.05) is 27.2 Å². The van der Waals surface area contributed by atoms with Crippen molar-refractivity contribution in [1.29, 1.82) is 0 Å². The number of para-hydroxylation sites is 1. The quantitative estimate of drug-likeness (QED) is 0.176. The van der Waals surface area contributed by atoms with E-state index >= 15 is 0 Å². The fourth-order valence-corrected chi connectivity index (χ4v) is 5.84. The zero-order chi connectivity index (χ0) is 34.2. The van der Waals surface area contributed by atoms with Gasteiger partial charge in [-0.25, -0.2) is 0 Å². The minimum absolute atomic E-state index is 0.292. The van der Waals surface area contributed by atoms with E-state index in [1.165, 1.54) is 0 Å². The maximum absolute atomic E-state index is 12.4. The van der Waals surface area contributed by atoms with Gasteiger partial charge in [-0.05, 0) is 107 Å². The lowest BCUT2D eigenvalue weighted by molar-refractivity contribution is -0.152. The molecule has 1 fully saturated rings. The van der Waals surface area contributed by atoms with Crippen molar-refractivity contribution in [2.45, 2.75) is 72.4 Å². The first kappa shape index (κ1) is 36.1. The van der Waals surface area contributed by atoms with Crippen LogP contribution in [0.25, 0.3) is 22.8 Å². The summed E-state index contributed by atoms with van der Waals surface area (Å²) in [6.07, 6.45) is 2.57. The lowest BCUT2D eigenvalue weighted by atomic mass is 9.73. The molecule has 1 aromatic heterocycles. The number of aliphatic carboxylic acids is 1. The number of aromatic nitrogens is 2. The molecular formula is C38H49ClN4O4. The first-order valence-electron chi connectivity index (χ1n) is 16.3. The first-order valence-corrected chi connectivity index (χ1v) is 16.7. The highest BCUT2D eigenvalue weighted by Crippen LogP contribution is 2.38. The first-order chi connectivity index (χ1) is 22.3. The summed E-state index contributed by atoms with van der Waals surface area (Å²) in [5.74, 6) is 1.49. The van der Waals surface area contributed by atoms with Crippen LogP contribution in [0.4, 0.5) is 0 Å². The van der Waals surface area contributed by atoms with Crippen LogP contribution in [-0.2, 0) is 24.2 Å². The van der Waals surface area contributed by atoms with Gasteiger partial charge in [0.1, 0.15) is 5.75 Å². The van der Waals surface area contributed by atoms with Crippen molar-refractivity contribution in [3.8, 4) is 28.6 Å². The third-order valence-corrected chi connectivity index (χ3v) is 9.06. The number of carbonyl (C=O) groups is 1. The molecule has 0 radical (unpaired) electrons. The number of rotatable bonds is 10. The van der Waals surface area contributed by atoms with Gasteiger partial charge in [-0.1, -0.05) is 79.1 Å². The Morgan fingerprint density at radius 1 is 1.04 bits per heavy atom. The van der Waals surface area contributed by atoms with E-state index in [1.807, 2.05) is 61.6 Å². The zero-order valence-corrected chi connectivity index (χ0v) is 29.5. The number of methoxy groups -OCH3 is 1. The van der Waals surface area contributed by atoms with E-state index < -0.39 is 11.4 Å². The van der Waals surface area contributed by atoms with Crippen LogP contribution in [0.15, 0.2) is 71.3 Å². The second-order valence-electron chi connectivity index (χ2n) is 13.9. The Bertz CT molecular complexity index is 1600. The number of nitrogens with zero attached hydrogens (tertiary/aromatic N) is 3. The summed E-state index contributed by atoms with van der Waals surface area (Å²) in [5.41, 5.74) is 4.37. The largest absolute Gasteiger partial charge is 0.496 e. The lowest BCUT2D eigenvalue weighted by Crippen LogP contribution is -2.45. The second-order valence-corrected chi connectivity index (χ2v) is 14.3. The van der Waals surface area contributed by atoms with Crippen molar-refractivity contribution >= 4 is 17.6 Å². The Kier molecular flexibility index (Phi) is 12.2. The Morgan fingerprint density at radius 3 is 2.26 bits per heavy atom. The van der Waals surface area contributed by atoms with E-state index in [4.69, 9.17) is 20.9 Å². The minimum Gasteiger partial charge on any atom is -0.496 e. The summed E-state index contributed by atoms with van der Waals surface area (Å²) in [7, 11) is 3.58. The number of carboxylic acids is 1. The number of nitrogens with one attached hydrogen (secondary N) is 1. The van der Waals surface area contributed by atoms with Gasteiger partial charge in [-0.2, -0.15) is 4.98 Å². The van der Waals surface area contributed by atoms with Gasteiger partial charge < -0.3 is 19.7 Å². The predicted molar refractivity (Wildman–Crippen MR) is 189 cm³/mol. The highest BCUT2D eigenvalue weighted by atomic mass is 35.5. The molecule has 1 aliphatic heterocycles. The summed E-state index contributed by atoms with van der Waals surface area (Å²) in [6, 6.07) is 21.7. The molecule has 4 aromatic rings. The van der Waals surface area contributed by atoms with E-state index in [2.05, 4.69) is 67.1 Å². The molecule has 0 aliphatic carbocycles. The fraction of sp³-hybridized carbons (Fsp3) is 0.447. The molecule has 1 saturated heterocycles. The highest BCUT2D eigenvalue weighted by molar-refractivity contribution is 6.31. The maximum atomic E-state index is 12.4. The topological polar surface area (TPSA) is 101 Å². The van der Waals surface area contributed by atoms with Crippen molar-refractivity contribution in [2.24, 2.45) is 11.3 Å². The normalized spacial score (nSPS) is 14.8. The van der Waals surface area contributed by atoms with Crippen LogP contribution in [-0.4, -0.2) is 58.9 Å². The van der Waals surface area contributed by atoms with Crippen LogP contribution in [0, 0.1) is 11.3 Å². The molecule has 0 amide bonds. The van der Waals surface area contributed by atoms with Gasteiger partial charge in [0.05, 0.1) is 12.5 Å². The van der Waals surface area contributed by atoms with Crippen LogP contribution in [0.1, 0.15) is 64.2 Å². The van der Waals surface area contributed by atoms with Crippen LogP contribution in [0.3, 0.4) is 0 Å². The van der Waals surface area contributed by atoms with E-state index in [0.717, 1.165) is 59.6 Å². The number of ether oxygens (including phenoxy) is 1. The summed E-state index contributed by atoms with van der Waals surface area (Å²) in [5, 5.41) is 18.2. The third-order valence-electron chi connectivity index (χ3n) is 8.71. The van der Waals surface area contributed by atoms with Crippen LogP contribution < -0.4 is 10.1 Å². The molecule has 47 heavy (non-hydrogen) atoms. The molecule has 8 nitrogen and oxygen atoms in total. The van der Waals surface area contributed by atoms with Gasteiger partial charge in [0, 0.05) is 28.2 Å². The van der Waals surface area contributed by atoms with Crippen LogP contribution >= 0.6 is 11.6 Å². The Morgan fingerprint density at radius 2 is 1.68 bits per heavy atom. The van der Waals surface area contributed by atoms with Gasteiger partial charge in [0.2, 0.25) is 5.82 Å². The van der Waals surface area contributed by atoms with Crippen molar-refractivity contribution < 1.29 is 19.2 Å².